The SMILES string of the molecule is CCN(CC)C(=O)c1ccc2nc(C(C3CCCCC3)C(C)(C)C)[nH]c2c1. The molecule has 1 fully saturated rings. The molecule has 148 valence electrons. The van der Waals surface area contributed by atoms with Crippen LogP contribution in [-0.2, 0) is 0 Å². The number of aromatic amines is 1. The van der Waals surface area contributed by atoms with Gasteiger partial charge >= 0.3 is 0 Å². The number of benzene rings is 1. The zero-order chi connectivity index (χ0) is 19.6. The average molecular weight is 370 g/mol. The summed E-state index contributed by atoms with van der Waals surface area (Å²) in [5, 5.41) is 0. The molecule has 0 aliphatic heterocycles. The number of amides is 1. The van der Waals surface area contributed by atoms with Gasteiger partial charge in [-0.1, -0.05) is 40.0 Å². The number of fused-ring (bicyclic) bond motifs is 1. The van der Waals surface area contributed by atoms with E-state index in [0.29, 0.717) is 11.8 Å². The summed E-state index contributed by atoms with van der Waals surface area (Å²) in [6, 6.07) is 5.89. The van der Waals surface area contributed by atoms with Gasteiger partial charge in [0.2, 0.25) is 0 Å². The predicted molar refractivity (Wildman–Crippen MR) is 112 cm³/mol. The van der Waals surface area contributed by atoms with Crippen LogP contribution in [0.25, 0.3) is 11.0 Å². The Labute approximate surface area is 163 Å². The average Bonchev–Trinajstić information content (AvgIpc) is 3.04. The van der Waals surface area contributed by atoms with Crippen molar-refractivity contribution in [2.45, 2.75) is 72.6 Å². The molecule has 3 rings (SSSR count). The summed E-state index contributed by atoms with van der Waals surface area (Å²) < 4.78 is 0. The first-order valence-corrected chi connectivity index (χ1v) is 10.6. The molecule has 1 aliphatic rings. The van der Waals surface area contributed by atoms with E-state index in [0.717, 1.165) is 35.5 Å². The summed E-state index contributed by atoms with van der Waals surface area (Å²) in [7, 11) is 0. The molecule has 1 aromatic heterocycles. The first-order chi connectivity index (χ1) is 12.8. The fraction of sp³-hybridized carbons (Fsp3) is 0.652. The molecule has 0 spiro atoms. The largest absolute Gasteiger partial charge is 0.342 e. The summed E-state index contributed by atoms with van der Waals surface area (Å²) >= 11 is 0. The fourth-order valence-electron chi connectivity index (χ4n) is 4.81. The quantitative estimate of drug-likeness (QED) is 0.729. The third kappa shape index (κ3) is 4.20. The molecule has 0 radical (unpaired) electrons. The van der Waals surface area contributed by atoms with Crippen LogP contribution in [0.2, 0.25) is 0 Å². The van der Waals surface area contributed by atoms with Crippen LogP contribution in [0.5, 0.6) is 0 Å². The second kappa shape index (κ2) is 8.04. The summed E-state index contributed by atoms with van der Waals surface area (Å²) in [4.78, 5) is 23.1. The zero-order valence-electron chi connectivity index (χ0n) is 17.6. The molecule has 4 heteroatoms. The number of imidazole rings is 1. The number of carbonyl (C=O) groups excluding carboxylic acids is 1. The number of carbonyl (C=O) groups is 1. The summed E-state index contributed by atoms with van der Waals surface area (Å²) in [5.41, 5.74) is 2.85. The van der Waals surface area contributed by atoms with Gasteiger partial charge in [0.1, 0.15) is 5.82 Å². The number of hydrogen-bond acceptors (Lipinski definition) is 2. The molecule has 1 heterocycles. The molecule has 1 N–H and O–H groups in total. The van der Waals surface area contributed by atoms with Gasteiger partial charge in [0.05, 0.1) is 11.0 Å². The first kappa shape index (κ1) is 19.9. The molecule has 0 saturated heterocycles. The van der Waals surface area contributed by atoms with Crippen LogP contribution in [0.3, 0.4) is 0 Å². The fourth-order valence-corrected chi connectivity index (χ4v) is 4.81. The predicted octanol–water partition coefficient (Wildman–Crippen LogP) is 5.75. The van der Waals surface area contributed by atoms with Crippen LogP contribution in [0.15, 0.2) is 18.2 Å². The first-order valence-electron chi connectivity index (χ1n) is 10.6. The van der Waals surface area contributed by atoms with Gasteiger partial charge in [-0.3, -0.25) is 4.79 Å². The van der Waals surface area contributed by atoms with Gasteiger partial charge in [0.25, 0.3) is 5.91 Å². The van der Waals surface area contributed by atoms with E-state index in [1.54, 1.807) is 0 Å². The maximum atomic E-state index is 12.7. The Balaban J connectivity index is 1.95. The van der Waals surface area contributed by atoms with E-state index in [2.05, 4.69) is 25.8 Å². The normalized spacial score (nSPS) is 17.2. The molecule has 27 heavy (non-hydrogen) atoms. The standard InChI is InChI=1S/C23H35N3O/c1-6-26(7-2)22(27)17-13-14-18-19(15-17)25-21(24-18)20(23(3,4)5)16-11-9-8-10-12-16/h13-16,20H,6-12H2,1-5H3,(H,24,25). The van der Waals surface area contributed by atoms with Crippen LogP contribution in [0.4, 0.5) is 0 Å². The van der Waals surface area contributed by atoms with Crippen molar-refractivity contribution < 1.29 is 4.79 Å². The van der Waals surface area contributed by atoms with E-state index < -0.39 is 0 Å². The molecule has 1 amide bonds. The van der Waals surface area contributed by atoms with Gasteiger partial charge < -0.3 is 9.88 Å². The summed E-state index contributed by atoms with van der Waals surface area (Å²) in [6.45, 7) is 12.5. The molecule has 2 aromatic rings. The van der Waals surface area contributed by atoms with E-state index in [1.807, 2.05) is 36.9 Å². The van der Waals surface area contributed by atoms with Crippen molar-refractivity contribution in [3.63, 3.8) is 0 Å². The molecule has 0 bridgehead atoms. The number of aromatic nitrogens is 2. The van der Waals surface area contributed by atoms with Gasteiger partial charge in [-0.05, 0) is 56.2 Å². The number of hydrogen-bond donors (Lipinski definition) is 1. The summed E-state index contributed by atoms with van der Waals surface area (Å²) in [6.07, 6.45) is 6.62. The minimum atomic E-state index is 0.0951. The Morgan fingerprint density at radius 3 is 2.44 bits per heavy atom. The van der Waals surface area contributed by atoms with Crippen LogP contribution in [0, 0.1) is 11.3 Å². The van der Waals surface area contributed by atoms with Crippen molar-refractivity contribution in [1.82, 2.24) is 14.9 Å². The maximum Gasteiger partial charge on any atom is 0.253 e. The topological polar surface area (TPSA) is 49.0 Å². The van der Waals surface area contributed by atoms with Crippen molar-refractivity contribution in [1.29, 1.82) is 0 Å². The second-order valence-corrected chi connectivity index (χ2v) is 9.07. The number of H-pyrrole nitrogens is 1. The van der Waals surface area contributed by atoms with Crippen LogP contribution in [-0.4, -0.2) is 33.9 Å². The van der Waals surface area contributed by atoms with Crippen molar-refractivity contribution in [3.05, 3.63) is 29.6 Å². The van der Waals surface area contributed by atoms with Crippen LogP contribution in [0.1, 0.15) is 88.8 Å². The Morgan fingerprint density at radius 1 is 1.19 bits per heavy atom. The van der Waals surface area contributed by atoms with E-state index in [9.17, 15) is 4.79 Å². The molecule has 1 atom stereocenters. The minimum absolute atomic E-state index is 0.0951. The lowest BCUT2D eigenvalue weighted by Crippen LogP contribution is -2.30. The van der Waals surface area contributed by atoms with Crippen molar-refractivity contribution >= 4 is 16.9 Å². The number of rotatable bonds is 5. The third-order valence-electron chi connectivity index (χ3n) is 6.15. The molecule has 4 nitrogen and oxygen atoms in total. The zero-order valence-corrected chi connectivity index (χ0v) is 17.6. The highest BCUT2D eigenvalue weighted by Gasteiger charge is 2.36. The molecule has 1 unspecified atom stereocenters. The highest BCUT2D eigenvalue weighted by atomic mass is 16.2. The molecule has 1 aliphatic carbocycles. The van der Waals surface area contributed by atoms with Crippen molar-refractivity contribution in [3.8, 4) is 0 Å². The van der Waals surface area contributed by atoms with Crippen molar-refractivity contribution in [2.24, 2.45) is 11.3 Å². The van der Waals surface area contributed by atoms with Gasteiger partial charge in [0, 0.05) is 24.6 Å². The Morgan fingerprint density at radius 2 is 1.85 bits per heavy atom. The maximum absolute atomic E-state index is 12.7. The monoisotopic (exact) mass is 369 g/mol. The minimum Gasteiger partial charge on any atom is -0.342 e. The highest BCUT2D eigenvalue weighted by Crippen LogP contribution is 2.45. The smallest absolute Gasteiger partial charge is 0.253 e. The Bertz CT molecular complexity index is 777. The molecular formula is C23H35N3O. The van der Waals surface area contributed by atoms with Gasteiger partial charge in [-0.15, -0.1) is 0 Å². The lowest BCUT2D eigenvalue weighted by atomic mass is 9.68. The molecule has 1 aromatic carbocycles. The van der Waals surface area contributed by atoms with E-state index in [-0.39, 0.29) is 11.3 Å². The van der Waals surface area contributed by atoms with E-state index in [4.69, 9.17) is 4.98 Å². The Hall–Kier alpha value is -1.84. The van der Waals surface area contributed by atoms with E-state index >= 15 is 0 Å². The van der Waals surface area contributed by atoms with Gasteiger partial charge in [0.15, 0.2) is 0 Å². The lowest BCUT2D eigenvalue weighted by Gasteiger charge is -2.37. The van der Waals surface area contributed by atoms with Gasteiger partial charge in [-0.25, -0.2) is 4.98 Å². The number of nitrogens with zero attached hydrogens (tertiary/aromatic N) is 2. The van der Waals surface area contributed by atoms with Gasteiger partial charge in [-0.2, -0.15) is 0 Å². The summed E-state index contributed by atoms with van der Waals surface area (Å²) in [5.74, 6) is 2.30. The molecule has 1 saturated carbocycles. The third-order valence-corrected chi connectivity index (χ3v) is 6.15. The van der Waals surface area contributed by atoms with Crippen LogP contribution >= 0.6 is 0 Å². The van der Waals surface area contributed by atoms with E-state index in [1.165, 1.54) is 32.1 Å². The van der Waals surface area contributed by atoms with Crippen molar-refractivity contribution in [2.75, 3.05) is 13.1 Å². The second-order valence-electron chi connectivity index (χ2n) is 9.07. The Kier molecular flexibility index (Phi) is 5.92. The number of nitrogens with one attached hydrogen (secondary N) is 1. The molecular weight excluding hydrogens is 334 g/mol. The van der Waals surface area contributed by atoms with Crippen LogP contribution < -0.4 is 0 Å². The highest BCUT2D eigenvalue weighted by molar-refractivity contribution is 5.97. The lowest BCUT2D eigenvalue weighted by molar-refractivity contribution is 0.0773.